The zero-order valence-corrected chi connectivity index (χ0v) is 10.8. The minimum atomic E-state index is -0.358. The Hall–Kier alpha value is -2.30. The first-order chi connectivity index (χ1) is 9.06. The third-order valence-electron chi connectivity index (χ3n) is 3.00. The van der Waals surface area contributed by atoms with Crippen LogP contribution in [0.4, 0.5) is 5.69 Å². The van der Waals surface area contributed by atoms with Crippen LogP contribution in [0.2, 0.25) is 0 Å². The Bertz CT molecular complexity index is 686. The topological polar surface area (TPSA) is 80.9 Å². The molecule has 0 amide bonds. The summed E-state index contributed by atoms with van der Waals surface area (Å²) in [6.07, 6.45) is 3.25. The SMILES string of the molecule is Cc1cn(CCCc2cccc(N)c2)c(=O)[nH]c1=O. The lowest BCUT2D eigenvalue weighted by atomic mass is 10.1. The van der Waals surface area contributed by atoms with Crippen LogP contribution >= 0.6 is 0 Å². The van der Waals surface area contributed by atoms with Crippen molar-refractivity contribution in [2.45, 2.75) is 26.3 Å². The summed E-state index contributed by atoms with van der Waals surface area (Å²) in [4.78, 5) is 25.1. The smallest absolute Gasteiger partial charge is 0.328 e. The third kappa shape index (κ3) is 3.34. The lowest BCUT2D eigenvalue weighted by molar-refractivity contribution is 0.602. The van der Waals surface area contributed by atoms with Gasteiger partial charge in [-0.1, -0.05) is 12.1 Å². The van der Waals surface area contributed by atoms with Gasteiger partial charge in [-0.3, -0.25) is 9.78 Å². The maximum atomic E-state index is 11.6. The summed E-state index contributed by atoms with van der Waals surface area (Å²) in [5.41, 5.74) is 7.46. The number of H-pyrrole nitrogens is 1. The molecule has 0 fully saturated rings. The zero-order chi connectivity index (χ0) is 13.8. The van der Waals surface area contributed by atoms with Crippen molar-refractivity contribution in [3.05, 3.63) is 62.4 Å². The molecule has 1 aromatic heterocycles. The van der Waals surface area contributed by atoms with Crippen molar-refractivity contribution < 1.29 is 0 Å². The molecule has 0 radical (unpaired) electrons. The molecule has 0 unspecified atom stereocenters. The number of nitrogens with zero attached hydrogens (tertiary/aromatic N) is 1. The van der Waals surface area contributed by atoms with E-state index in [2.05, 4.69) is 4.98 Å². The second-order valence-electron chi connectivity index (χ2n) is 4.61. The lowest BCUT2D eigenvalue weighted by Crippen LogP contribution is -2.30. The molecule has 0 bridgehead atoms. The molecule has 19 heavy (non-hydrogen) atoms. The van der Waals surface area contributed by atoms with E-state index in [9.17, 15) is 9.59 Å². The molecule has 1 heterocycles. The molecule has 2 aromatic rings. The summed E-state index contributed by atoms with van der Waals surface area (Å²) in [6.45, 7) is 2.26. The average molecular weight is 259 g/mol. The fraction of sp³-hybridized carbons (Fsp3) is 0.286. The Labute approximate surface area is 110 Å². The standard InChI is InChI=1S/C14H17N3O2/c1-10-9-17(14(19)16-13(10)18)7-3-5-11-4-2-6-12(15)8-11/h2,4,6,8-9H,3,5,7,15H2,1H3,(H,16,18,19). The van der Waals surface area contributed by atoms with Crippen LogP contribution in [0.15, 0.2) is 40.1 Å². The molecule has 100 valence electrons. The van der Waals surface area contributed by atoms with E-state index < -0.39 is 0 Å². The maximum Gasteiger partial charge on any atom is 0.328 e. The van der Waals surface area contributed by atoms with Crippen molar-refractivity contribution in [2.24, 2.45) is 0 Å². The number of nitrogens with two attached hydrogens (primary N) is 1. The second-order valence-corrected chi connectivity index (χ2v) is 4.61. The number of hydrogen-bond acceptors (Lipinski definition) is 3. The molecule has 0 saturated heterocycles. The molecule has 0 aliphatic carbocycles. The van der Waals surface area contributed by atoms with Gasteiger partial charge in [-0.05, 0) is 37.5 Å². The predicted octanol–water partition coefficient (Wildman–Crippen LogP) is 1.06. The number of aryl methyl sites for hydroxylation is 3. The number of aromatic amines is 1. The van der Waals surface area contributed by atoms with Crippen LogP contribution in [-0.2, 0) is 13.0 Å². The molecular weight excluding hydrogens is 242 g/mol. The maximum absolute atomic E-state index is 11.6. The first-order valence-corrected chi connectivity index (χ1v) is 6.21. The van der Waals surface area contributed by atoms with Crippen molar-refractivity contribution in [2.75, 3.05) is 5.73 Å². The largest absolute Gasteiger partial charge is 0.399 e. The van der Waals surface area contributed by atoms with Crippen molar-refractivity contribution in [3.63, 3.8) is 0 Å². The van der Waals surface area contributed by atoms with Crippen LogP contribution in [-0.4, -0.2) is 9.55 Å². The molecule has 0 spiro atoms. The number of hydrogen-bond donors (Lipinski definition) is 2. The van der Waals surface area contributed by atoms with Crippen LogP contribution in [0, 0.1) is 6.92 Å². The van der Waals surface area contributed by atoms with Crippen LogP contribution < -0.4 is 17.0 Å². The monoisotopic (exact) mass is 259 g/mol. The predicted molar refractivity (Wildman–Crippen MR) is 75.2 cm³/mol. The minimum Gasteiger partial charge on any atom is -0.399 e. The number of nitrogen functional groups attached to an aromatic ring is 1. The number of benzene rings is 1. The molecule has 5 nitrogen and oxygen atoms in total. The molecule has 0 atom stereocenters. The molecule has 0 saturated carbocycles. The van der Waals surface area contributed by atoms with Crippen LogP contribution in [0.25, 0.3) is 0 Å². The van der Waals surface area contributed by atoms with Gasteiger partial charge in [-0.25, -0.2) is 4.79 Å². The number of aromatic nitrogens is 2. The van der Waals surface area contributed by atoms with E-state index in [-0.39, 0.29) is 11.2 Å². The van der Waals surface area contributed by atoms with Gasteiger partial charge in [0.1, 0.15) is 0 Å². The van der Waals surface area contributed by atoms with E-state index in [1.807, 2.05) is 24.3 Å². The van der Waals surface area contributed by atoms with Gasteiger partial charge in [0.2, 0.25) is 0 Å². The zero-order valence-electron chi connectivity index (χ0n) is 10.8. The summed E-state index contributed by atoms with van der Waals surface area (Å²) in [7, 11) is 0. The fourth-order valence-corrected chi connectivity index (χ4v) is 1.99. The Morgan fingerprint density at radius 3 is 2.84 bits per heavy atom. The summed E-state index contributed by atoms with van der Waals surface area (Å²) in [5.74, 6) is 0. The normalized spacial score (nSPS) is 10.6. The molecule has 3 N–H and O–H groups in total. The summed E-state index contributed by atoms with van der Waals surface area (Å²) in [6, 6.07) is 7.71. The van der Waals surface area contributed by atoms with E-state index in [0.717, 1.165) is 24.1 Å². The lowest BCUT2D eigenvalue weighted by Gasteiger charge is -2.06. The van der Waals surface area contributed by atoms with Gasteiger partial charge >= 0.3 is 5.69 Å². The van der Waals surface area contributed by atoms with Gasteiger partial charge in [0.25, 0.3) is 5.56 Å². The Balaban J connectivity index is 2.02. The van der Waals surface area contributed by atoms with E-state index >= 15 is 0 Å². The van der Waals surface area contributed by atoms with Gasteiger partial charge in [0.15, 0.2) is 0 Å². The van der Waals surface area contributed by atoms with Crippen molar-refractivity contribution in [1.29, 1.82) is 0 Å². The Morgan fingerprint density at radius 1 is 1.32 bits per heavy atom. The van der Waals surface area contributed by atoms with E-state index in [4.69, 9.17) is 5.73 Å². The first kappa shape index (κ1) is 13.1. The van der Waals surface area contributed by atoms with E-state index in [0.29, 0.717) is 12.1 Å². The molecule has 5 heteroatoms. The summed E-state index contributed by atoms with van der Waals surface area (Å²) >= 11 is 0. The van der Waals surface area contributed by atoms with E-state index in [1.165, 1.54) is 4.57 Å². The van der Waals surface area contributed by atoms with Crippen molar-refractivity contribution in [3.8, 4) is 0 Å². The summed E-state index contributed by atoms with van der Waals surface area (Å²) in [5, 5.41) is 0. The minimum absolute atomic E-state index is 0.322. The number of anilines is 1. The Kier molecular flexibility index (Phi) is 3.85. The summed E-state index contributed by atoms with van der Waals surface area (Å²) < 4.78 is 1.53. The molecule has 0 aliphatic rings. The highest BCUT2D eigenvalue weighted by atomic mass is 16.2. The highest BCUT2D eigenvalue weighted by Gasteiger charge is 2.01. The molecule has 0 aliphatic heterocycles. The highest BCUT2D eigenvalue weighted by molar-refractivity contribution is 5.40. The van der Waals surface area contributed by atoms with Gasteiger partial charge in [-0.2, -0.15) is 0 Å². The van der Waals surface area contributed by atoms with E-state index in [1.54, 1.807) is 13.1 Å². The van der Waals surface area contributed by atoms with Gasteiger partial charge in [-0.15, -0.1) is 0 Å². The van der Waals surface area contributed by atoms with Crippen LogP contribution in [0.5, 0.6) is 0 Å². The molecule has 1 aromatic carbocycles. The number of nitrogens with one attached hydrogen (secondary N) is 1. The quantitative estimate of drug-likeness (QED) is 0.806. The van der Waals surface area contributed by atoms with Crippen LogP contribution in [0.3, 0.4) is 0 Å². The Morgan fingerprint density at radius 2 is 2.11 bits per heavy atom. The highest BCUT2D eigenvalue weighted by Crippen LogP contribution is 2.08. The fourth-order valence-electron chi connectivity index (χ4n) is 1.99. The first-order valence-electron chi connectivity index (χ1n) is 6.21. The van der Waals surface area contributed by atoms with Gasteiger partial charge in [0.05, 0.1) is 0 Å². The van der Waals surface area contributed by atoms with Crippen LogP contribution in [0.1, 0.15) is 17.5 Å². The number of rotatable bonds is 4. The molecule has 2 rings (SSSR count). The van der Waals surface area contributed by atoms with Crippen molar-refractivity contribution >= 4 is 5.69 Å². The van der Waals surface area contributed by atoms with Crippen molar-refractivity contribution in [1.82, 2.24) is 9.55 Å². The third-order valence-corrected chi connectivity index (χ3v) is 3.00. The molecular formula is C14H17N3O2. The van der Waals surface area contributed by atoms with Gasteiger partial charge < -0.3 is 10.3 Å². The average Bonchev–Trinajstić information content (AvgIpc) is 2.35. The van der Waals surface area contributed by atoms with Gasteiger partial charge in [0, 0.05) is 24.0 Å². The second kappa shape index (κ2) is 5.56.